The summed E-state index contributed by atoms with van der Waals surface area (Å²) in [5.74, 6) is 0.0743. The van der Waals surface area contributed by atoms with Crippen molar-refractivity contribution in [2.24, 2.45) is 0 Å². The average Bonchev–Trinajstić information content (AvgIpc) is 2.30. The molecule has 1 atom stereocenters. The average molecular weight is 221 g/mol. The summed E-state index contributed by atoms with van der Waals surface area (Å²) in [6.07, 6.45) is 3.98. The lowest BCUT2D eigenvalue weighted by atomic mass is 10.1. The number of carbonyl (C=O) groups excluding carboxylic acids is 1. The molecule has 1 rings (SSSR count). The maximum absolute atomic E-state index is 11.5. The number of aromatic nitrogens is 1. The summed E-state index contributed by atoms with van der Waals surface area (Å²) in [6, 6.07) is 3.86. The van der Waals surface area contributed by atoms with Gasteiger partial charge in [0.25, 0.3) is 0 Å². The quantitative estimate of drug-likeness (QED) is 0.711. The molecule has 1 heterocycles. The smallest absolute Gasteiger partial charge is 0.221 e. The second kappa shape index (κ2) is 6.95. The summed E-state index contributed by atoms with van der Waals surface area (Å²) in [6.45, 7) is 5.62. The zero-order valence-corrected chi connectivity index (χ0v) is 9.86. The minimum atomic E-state index is 0.0390. The van der Waals surface area contributed by atoms with Crippen molar-refractivity contribution in [3.05, 3.63) is 30.1 Å². The van der Waals surface area contributed by atoms with Crippen LogP contribution in [0, 0.1) is 0 Å². The first-order valence-electron chi connectivity index (χ1n) is 5.64. The van der Waals surface area contributed by atoms with E-state index < -0.39 is 0 Å². The van der Waals surface area contributed by atoms with Crippen molar-refractivity contribution in [3.63, 3.8) is 0 Å². The van der Waals surface area contributed by atoms with Crippen LogP contribution in [0.2, 0.25) is 0 Å². The summed E-state index contributed by atoms with van der Waals surface area (Å²) < 4.78 is 0. The molecule has 4 nitrogen and oxygen atoms in total. The predicted octanol–water partition coefficient (Wildman–Crippen LogP) is 1.26. The second-order valence-electron chi connectivity index (χ2n) is 3.67. The number of carbonyl (C=O) groups is 1. The largest absolute Gasteiger partial charge is 0.350 e. The van der Waals surface area contributed by atoms with E-state index in [1.807, 2.05) is 26.0 Å². The van der Waals surface area contributed by atoms with E-state index >= 15 is 0 Å². The Morgan fingerprint density at radius 1 is 1.44 bits per heavy atom. The van der Waals surface area contributed by atoms with Gasteiger partial charge in [0.15, 0.2) is 0 Å². The van der Waals surface area contributed by atoms with Gasteiger partial charge in [0.2, 0.25) is 5.91 Å². The highest BCUT2D eigenvalue weighted by atomic mass is 16.1. The number of pyridine rings is 1. The van der Waals surface area contributed by atoms with Crippen LogP contribution in [0.3, 0.4) is 0 Å². The normalized spacial score (nSPS) is 12.1. The molecule has 4 heteroatoms. The molecule has 0 saturated heterocycles. The van der Waals surface area contributed by atoms with Crippen molar-refractivity contribution in [2.45, 2.75) is 26.3 Å². The van der Waals surface area contributed by atoms with Crippen molar-refractivity contribution in [1.82, 2.24) is 15.6 Å². The Morgan fingerprint density at radius 2 is 2.12 bits per heavy atom. The van der Waals surface area contributed by atoms with E-state index in [1.54, 1.807) is 12.4 Å². The topological polar surface area (TPSA) is 54.0 Å². The zero-order chi connectivity index (χ0) is 11.8. The Kier molecular flexibility index (Phi) is 5.50. The molecule has 0 fully saturated rings. The van der Waals surface area contributed by atoms with Crippen LogP contribution in [0.4, 0.5) is 0 Å². The molecule has 1 unspecified atom stereocenters. The molecule has 88 valence electrons. The SMILES string of the molecule is CCNCCC(=O)NC(C)c1ccncc1. The molecule has 2 N–H and O–H groups in total. The van der Waals surface area contributed by atoms with Gasteiger partial charge in [-0.25, -0.2) is 0 Å². The molecule has 1 aromatic rings. The fourth-order valence-corrected chi connectivity index (χ4v) is 1.43. The fourth-order valence-electron chi connectivity index (χ4n) is 1.43. The predicted molar refractivity (Wildman–Crippen MR) is 64.0 cm³/mol. The van der Waals surface area contributed by atoms with Crippen molar-refractivity contribution in [2.75, 3.05) is 13.1 Å². The molecule has 16 heavy (non-hydrogen) atoms. The number of nitrogens with zero attached hydrogens (tertiary/aromatic N) is 1. The van der Waals surface area contributed by atoms with Gasteiger partial charge < -0.3 is 10.6 Å². The number of amides is 1. The highest BCUT2D eigenvalue weighted by Gasteiger charge is 2.08. The first kappa shape index (κ1) is 12.6. The fraction of sp³-hybridized carbons (Fsp3) is 0.500. The van der Waals surface area contributed by atoms with Gasteiger partial charge in [0.1, 0.15) is 0 Å². The van der Waals surface area contributed by atoms with E-state index in [1.165, 1.54) is 0 Å². The number of rotatable bonds is 6. The summed E-state index contributed by atoms with van der Waals surface area (Å²) in [5.41, 5.74) is 1.08. The maximum Gasteiger partial charge on any atom is 0.221 e. The first-order chi connectivity index (χ1) is 7.74. The number of nitrogens with one attached hydrogen (secondary N) is 2. The summed E-state index contributed by atoms with van der Waals surface area (Å²) in [4.78, 5) is 15.5. The van der Waals surface area contributed by atoms with E-state index in [9.17, 15) is 4.79 Å². The zero-order valence-electron chi connectivity index (χ0n) is 9.86. The van der Waals surface area contributed by atoms with Gasteiger partial charge in [-0.1, -0.05) is 6.92 Å². The Balaban J connectivity index is 2.34. The minimum Gasteiger partial charge on any atom is -0.350 e. The monoisotopic (exact) mass is 221 g/mol. The molecule has 0 aromatic carbocycles. The third-order valence-electron chi connectivity index (χ3n) is 2.36. The molecule has 0 spiro atoms. The molecular formula is C12H19N3O. The van der Waals surface area contributed by atoms with Gasteiger partial charge in [-0.05, 0) is 31.2 Å². The summed E-state index contributed by atoms with van der Waals surface area (Å²) in [5, 5.41) is 6.07. The second-order valence-corrected chi connectivity index (χ2v) is 3.67. The molecule has 0 aliphatic rings. The third kappa shape index (κ3) is 4.40. The lowest BCUT2D eigenvalue weighted by Gasteiger charge is -2.13. The van der Waals surface area contributed by atoms with E-state index in [-0.39, 0.29) is 11.9 Å². The van der Waals surface area contributed by atoms with Gasteiger partial charge in [-0.2, -0.15) is 0 Å². The Bertz CT molecular complexity index is 313. The van der Waals surface area contributed by atoms with Crippen molar-refractivity contribution < 1.29 is 4.79 Å². The molecule has 0 aliphatic heterocycles. The molecule has 0 bridgehead atoms. The number of hydrogen-bond donors (Lipinski definition) is 2. The van der Waals surface area contributed by atoms with Crippen LogP contribution in [-0.4, -0.2) is 24.0 Å². The molecule has 1 aromatic heterocycles. The van der Waals surface area contributed by atoms with E-state index in [0.717, 1.165) is 18.7 Å². The maximum atomic E-state index is 11.5. The van der Waals surface area contributed by atoms with Crippen LogP contribution in [0.25, 0.3) is 0 Å². The molecule has 1 amide bonds. The van der Waals surface area contributed by atoms with Crippen LogP contribution >= 0.6 is 0 Å². The van der Waals surface area contributed by atoms with E-state index in [0.29, 0.717) is 6.42 Å². The van der Waals surface area contributed by atoms with E-state index in [2.05, 4.69) is 15.6 Å². The Hall–Kier alpha value is -1.42. The van der Waals surface area contributed by atoms with Gasteiger partial charge in [-0.15, -0.1) is 0 Å². The van der Waals surface area contributed by atoms with Crippen LogP contribution in [0.5, 0.6) is 0 Å². The van der Waals surface area contributed by atoms with Crippen molar-refractivity contribution >= 4 is 5.91 Å². The van der Waals surface area contributed by atoms with Crippen LogP contribution < -0.4 is 10.6 Å². The molecule has 0 aliphatic carbocycles. The van der Waals surface area contributed by atoms with Gasteiger partial charge >= 0.3 is 0 Å². The van der Waals surface area contributed by atoms with Gasteiger partial charge in [0.05, 0.1) is 6.04 Å². The number of hydrogen-bond acceptors (Lipinski definition) is 3. The van der Waals surface area contributed by atoms with Crippen LogP contribution in [0.1, 0.15) is 31.9 Å². The minimum absolute atomic E-state index is 0.0390. The highest BCUT2D eigenvalue weighted by molar-refractivity contribution is 5.76. The van der Waals surface area contributed by atoms with Gasteiger partial charge in [0, 0.05) is 25.4 Å². The molecular weight excluding hydrogens is 202 g/mol. The van der Waals surface area contributed by atoms with Crippen molar-refractivity contribution in [3.8, 4) is 0 Å². The summed E-state index contributed by atoms with van der Waals surface area (Å²) >= 11 is 0. The lowest BCUT2D eigenvalue weighted by Crippen LogP contribution is -2.29. The van der Waals surface area contributed by atoms with Gasteiger partial charge in [-0.3, -0.25) is 9.78 Å². The highest BCUT2D eigenvalue weighted by Crippen LogP contribution is 2.09. The standard InChI is InChI=1S/C12H19N3O/c1-3-13-9-6-12(16)15-10(2)11-4-7-14-8-5-11/h4-5,7-8,10,13H,3,6,9H2,1-2H3,(H,15,16). The molecule has 0 radical (unpaired) electrons. The van der Waals surface area contributed by atoms with Crippen LogP contribution in [0.15, 0.2) is 24.5 Å². The van der Waals surface area contributed by atoms with E-state index in [4.69, 9.17) is 0 Å². The van der Waals surface area contributed by atoms with Crippen LogP contribution in [-0.2, 0) is 4.79 Å². The Morgan fingerprint density at radius 3 is 2.75 bits per heavy atom. The third-order valence-corrected chi connectivity index (χ3v) is 2.36. The summed E-state index contributed by atoms with van der Waals surface area (Å²) in [7, 11) is 0. The lowest BCUT2D eigenvalue weighted by molar-refractivity contribution is -0.121. The molecule has 0 saturated carbocycles. The Labute approximate surface area is 96.5 Å². The first-order valence-corrected chi connectivity index (χ1v) is 5.64. The van der Waals surface area contributed by atoms with Crippen molar-refractivity contribution in [1.29, 1.82) is 0 Å².